The van der Waals surface area contributed by atoms with Gasteiger partial charge >= 0.3 is 5.97 Å². The molecule has 5 aromatic rings. The second-order valence-electron chi connectivity index (χ2n) is 12.7. The minimum atomic E-state index is -0.533. The number of fused-ring (bicyclic) bond motifs is 1. The molecule has 3 N–H and O–H groups in total. The van der Waals surface area contributed by atoms with Gasteiger partial charge in [0.05, 0.1) is 17.4 Å². The van der Waals surface area contributed by atoms with Crippen molar-refractivity contribution in [3.05, 3.63) is 153 Å². The van der Waals surface area contributed by atoms with Gasteiger partial charge in [-0.05, 0) is 104 Å². The maximum atomic E-state index is 13.8. The summed E-state index contributed by atoms with van der Waals surface area (Å²) in [5, 5.41) is 9.23. The van der Waals surface area contributed by atoms with Crippen molar-refractivity contribution in [1.82, 2.24) is 5.32 Å². The first-order chi connectivity index (χ1) is 26.2. The van der Waals surface area contributed by atoms with Crippen LogP contribution in [0.5, 0.6) is 0 Å². The molecule has 11 heteroatoms. The number of halogens is 1. The molecule has 6 rings (SSSR count). The van der Waals surface area contributed by atoms with Crippen molar-refractivity contribution < 1.29 is 23.9 Å². The smallest absolute Gasteiger partial charge is 0.341 e. The molecule has 276 valence electrons. The Morgan fingerprint density at radius 3 is 2.37 bits per heavy atom. The molecule has 1 aliphatic carbocycles. The second kappa shape index (κ2) is 18.2. The number of benzene rings is 4. The zero-order chi connectivity index (χ0) is 38.0. The number of amides is 3. The molecule has 2 atom stereocenters. The molecule has 0 radical (unpaired) electrons. The molecule has 1 aliphatic rings. The average Bonchev–Trinajstić information content (AvgIpc) is 3.54. The third-order valence-electron chi connectivity index (χ3n) is 8.97. The maximum absolute atomic E-state index is 13.8. The van der Waals surface area contributed by atoms with Crippen LogP contribution in [0.25, 0.3) is 6.08 Å². The Balaban J connectivity index is 1.18. The molecule has 0 fully saturated rings. The standard InChI is InChI=1S/C43H40ClN3O5S2/c1-3-36(41(50)47-42-38(43(51)52-4-2)34-22-21-30(25-37(34)54-42)28-14-7-5-8-15-28)53-33-20-12-19-32(26-33)45-40(49)35(24-27-13-11-18-31(44)23-27)46-39(48)29-16-9-6-10-17-29/h5-20,23-24,26,30,36H,3-4,21-22,25H2,1-2H3,(H,45,49)(H,46,48)(H,47,50)/b35-24-. The van der Waals surface area contributed by atoms with Crippen LogP contribution in [0.2, 0.25) is 5.02 Å². The number of carbonyl (C=O) groups excluding carboxylic acids is 4. The lowest BCUT2D eigenvalue weighted by Gasteiger charge is -2.23. The molecule has 0 saturated heterocycles. The van der Waals surface area contributed by atoms with Crippen molar-refractivity contribution in [2.75, 3.05) is 17.2 Å². The van der Waals surface area contributed by atoms with E-state index in [0.29, 0.717) is 44.7 Å². The Labute approximate surface area is 328 Å². The minimum Gasteiger partial charge on any atom is -0.462 e. The van der Waals surface area contributed by atoms with Crippen LogP contribution in [0, 0.1) is 0 Å². The minimum absolute atomic E-state index is 0.0288. The summed E-state index contributed by atoms with van der Waals surface area (Å²) in [6.07, 6.45) is 4.51. The molecule has 0 bridgehead atoms. The van der Waals surface area contributed by atoms with Gasteiger partial charge in [0.15, 0.2) is 0 Å². The van der Waals surface area contributed by atoms with Crippen molar-refractivity contribution in [2.24, 2.45) is 0 Å². The molecule has 3 amide bonds. The van der Waals surface area contributed by atoms with E-state index < -0.39 is 23.0 Å². The van der Waals surface area contributed by atoms with Gasteiger partial charge in [-0.1, -0.05) is 85.3 Å². The van der Waals surface area contributed by atoms with Gasteiger partial charge in [0.25, 0.3) is 11.8 Å². The Morgan fingerprint density at radius 2 is 1.65 bits per heavy atom. The van der Waals surface area contributed by atoms with Crippen molar-refractivity contribution in [3.8, 4) is 0 Å². The van der Waals surface area contributed by atoms with Crippen LogP contribution < -0.4 is 16.0 Å². The van der Waals surface area contributed by atoms with E-state index in [0.717, 1.165) is 34.6 Å². The van der Waals surface area contributed by atoms with Gasteiger partial charge in [0.1, 0.15) is 10.7 Å². The summed E-state index contributed by atoms with van der Waals surface area (Å²) in [5.41, 5.74) is 4.24. The highest BCUT2D eigenvalue weighted by Gasteiger charge is 2.32. The molecule has 4 aromatic carbocycles. The van der Waals surface area contributed by atoms with Gasteiger partial charge in [-0.15, -0.1) is 23.1 Å². The number of thioether (sulfide) groups is 1. The summed E-state index contributed by atoms with van der Waals surface area (Å²) in [6.45, 7) is 3.94. The number of hydrogen-bond donors (Lipinski definition) is 3. The van der Waals surface area contributed by atoms with Crippen molar-refractivity contribution in [2.45, 2.75) is 55.6 Å². The molecular weight excluding hydrogens is 738 g/mol. The summed E-state index contributed by atoms with van der Waals surface area (Å²) in [4.78, 5) is 55.7. The topological polar surface area (TPSA) is 114 Å². The third kappa shape index (κ3) is 9.68. The summed E-state index contributed by atoms with van der Waals surface area (Å²) in [5.74, 6) is -1.28. The zero-order valence-corrected chi connectivity index (χ0v) is 32.3. The highest BCUT2D eigenvalue weighted by atomic mass is 35.5. The number of rotatable bonds is 13. The Morgan fingerprint density at radius 1 is 0.907 bits per heavy atom. The van der Waals surface area contributed by atoms with E-state index in [1.165, 1.54) is 28.7 Å². The van der Waals surface area contributed by atoms with Crippen LogP contribution in [-0.4, -0.2) is 35.5 Å². The number of esters is 1. The fourth-order valence-corrected chi connectivity index (χ4v) is 8.86. The summed E-state index contributed by atoms with van der Waals surface area (Å²) in [7, 11) is 0. The first-order valence-electron chi connectivity index (χ1n) is 17.8. The van der Waals surface area contributed by atoms with Gasteiger partial charge in [0, 0.05) is 26.0 Å². The molecule has 1 aromatic heterocycles. The highest BCUT2D eigenvalue weighted by Crippen LogP contribution is 2.43. The predicted octanol–water partition coefficient (Wildman–Crippen LogP) is 9.77. The van der Waals surface area contributed by atoms with Crippen LogP contribution in [0.4, 0.5) is 10.7 Å². The normalized spacial score (nSPS) is 14.4. The molecule has 0 saturated carbocycles. The predicted molar refractivity (Wildman–Crippen MR) is 218 cm³/mol. The van der Waals surface area contributed by atoms with Crippen molar-refractivity contribution >= 4 is 75.2 Å². The Kier molecular flexibility index (Phi) is 13.0. The van der Waals surface area contributed by atoms with E-state index in [1.807, 2.05) is 31.2 Å². The number of nitrogens with one attached hydrogen (secondary N) is 3. The summed E-state index contributed by atoms with van der Waals surface area (Å²) >= 11 is 9.02. The van der Waals surface area contributed by atoms with Gasteiger partial charge in [0.2, 0.25) is 5.91 Å². The van der Waals surface area contributed by atoms with E-state index in [-0.39, 0.29) is 18.2 Å². The molecule has 8 nitrogen and oxygen atoms in total. The van der Waals surface area contributed by atoms with Crippen molar-refractivity contribution in [3.63, 3.8) is 0 Å². The first-order valence-corrected chi connectivity index (χ1v) is 19.9. The molecule has 54 heavy (non-hydrogen) atoms. The van der Waals surface area contributed by atoms with Crippen LogP contribution in [0.1, 0.15) is 74.9 Å². The molecule has 0 aliphatic heterocycles. The van der Waals surface area contributed by atoms with E-state index in [4.69, 9.17) is 16.3 Å². The van der Waals surface area contributed by atoms with E-state index in [9.17, 15) is 19.2 Å². The second-order valence-corrected chi connectivity index (χ2v) is 15.5. The van der Waals surface area contributed by atoms with Gasteiger partial charge in [-0.3, -0.25) is 14.4 Å². The van der Waals surface area contributed by atoms with Gasteiger partial charge in [-0.25, -0.2) is 4.79 Å². The number of hydrogen-bond acceptors (Lipinski definition) is 7. The maximum Gasteiger partial charge on any atom is 0.341 e. The van der Waals surface area contributed by atoms with Crippen molar-refractivity contribution in [1.29, 1.82) is 0 Å². The number of thiophene rings is 1. The van der Waals surface area contributed by atoms with Crippen LogP contribution in [-0.2, 0) is 27.2 Å². The number of carbonyl (C=O) groups is 4. The Hall–Kier alpha value is -5.16. The highest BCUT2D eigenvalue weighted by molar-refractivity contribution is 8.00. The SMILES string of the molecule is CCOC(=O)c1c(NC(=O)C(CC)Sc2cccc(NC(=O)/C(=C/c3cccc(Cl)c3)NC(=O)c3ccccc3)c2)sc2c1CCC(c1ccccc1)C2. The fourth-order valence-electron chi connectivity index (χ4n) is 6.33. The average molecular weight is 778 g/mol. The first kappa shape index (κ1) is 38.6. The lowest BCUT2D eigenvalue weighted by atomic mass is 9.83. The summed E-state index contributed by atoms with van der Waals surface area (Å²) in [6, 6.07) is 33.2. The molecular formula is C43H40ClN3O5S2. The quantitative estimate of drug-likeness (QED) is 0.0624. The summed E-state index contributed by atoms with van der Waals surface area (Å²) < 4.78 is 5.46. The monoisotopic (exact) mass is 777 g/mol. The van der Waals surface area contributed by atoms with E-state index in [2.05, 4.69) is 28.1 Å². The Bertz CT molecular complexity index is 2170. The number of ether oxygens (including phenoxy) is 1. The van der Waals surface area contributed by atoms with E-state index in [1.54, 1.807) is 85.8 Å². The van der Waals surface area contributed by atoms with Gasteiger partial charge in [-0.2, -0.15) is 0 Å². The molecule has 2 unspecified atom stereocenters. The fraction of sp³-hybridized carbons (Fsp3) is 0.209. The zero-order valence-electron chi connectivity index (χ0n) is 29.9. The largest absolute Gasteiger partial charge is 0.462 e. The lowest BCUT2D eigenvalue weighted by Crippen LogP contribution is -2.30. The third-order valence-corrected chi connectivity index (χ3v) is 11.7. The number of anilines is 2. The van der Waals surface area contributed by atoms with Crippen LogP contribution in [0.3, 0.4) is 0 Å². The van der Waals surface area contributed by atoms with Gasteiger partial charge < -0.3 is 20.7 Å². The van der Waals surface area contributed by atoms with E-state index >= 15 is 0 Å². The van der Waals surface area contributed by atoms with Crippen LogP contribution >= 0.6 is 34.7 Å². The molecule has 1 heterocycles. The lowest BCUT2D eigenvalue weighted by molar-refractivity contribution is -0.116. The van der Waals surface area contributed by atoms with Crippen LogP contribution in [0.15, 0.2) is 120 Å². The molecule has 0 spiro atoms.